The van der Waals surface area contributed by atoms with Crippen molar-refractivity contribution in [3.05, 3.63) is 34.9 Å². The highest BCUT2D eigenvalue weighted by Gasteiger charge is 2.27. The number of halogens is 1. The van der Waals surface area contributed by atoms with Gasteiger partial charge in [0.1, 0.15) is 0 Å². The van der Waals surface area contributed by atoms with Gasteiger partial charge in [-0.15, -0.1) is 0 Å². The molecule has 20 heavy (non-hydrogen) atoms. The molecule has 0 unspecified atom stereocenters. The lowest BCUT2D eigenvalue weighted by Crippen LogP contribution is -2.43. The number of amides is 2. The molecule has 0 radical (unpaired) electrons. The molecule has 5 nitrogen and oxygen atoms in total. The molecule has 1 fully saturated rings. The Balaban J connectivity index is 1.87. The Bertz CT molecular complexity index is 490. The summed E-state index contributed by atoms with van der Waals surface area (Å²) in [7, 11) is 0. The molecule has 0 saturated carbocycles. The first-order valence-electron chi connectivity index (χ1n) is 6.56. The summed E-state index contributed by atoms with van der Waals surface area (Å²) in [6.07, 6.45) is 1.70. The van der Waals surface area contributed by atoms with Crippen LogP contribution >= 0.6 is 11.6 Å². The summed E-state index contributed by atoms with van der Waals surface area (Å²) in [6.45, 7) is 0.551. The Hall–Kier alpha value is -1.59. The summed E-state index contributed by atoms with van der Waals surface area (Å²) < 4.78 is 0. The van der Waals surface area contributed by atoms with Gasteiger partial charge in [0.15, 0.2) is 0 Å². The fourth-order valence-electron chi connectivity index (χ4n) is 2.31. The number of aliphatic hydroxyl groups is 1. The number of carbonyl (C=O) groups excluding carboxylic acids is 2. The largest absolute Gasteiger partial charge is 0.394 e. The molecule has 0 bridgehead atoms. The number of nitrogens with one attached hydrogen (secondary N) is 1. The molecular formula is C14H17ClN2O3. The first-order chi connectivity index (χ1) is 9.61. The molecule has 2 N–H and O–H groups in total. The van der Waals surface area contributed by atoms with Crippen LogP contribution in [-0.2, 0) is 4.79 Å². The highest BCUT2D eigenvalue weighted by atomic mass is 35.5. The van der Waals surface area contributed by atoms with Crippen molar-refractivity contribution in [2.75, 3.05) is 19.7 Å². The normalized spacial score (nSPS) is 18.1. The van der Waals surface area contributed by atoms with Crippen LogP contribution in [0.1, 0.15) is 23.2 Å². The molecule has 0 spiro atoms. The Morgan fingerprint density at radius 2 is 2.05 bits per heavy atom. The Morgan fingerprint density at radius 1 is 1.35 bits per heavy atom. The third kappa shape index (κ3) is 3.49. The predicted octanol–water partition coefficient (Wildman–Crippen LogP) is 1.05. The molecule has 1 aromatic carbocycles. The number of hydrogen-bond acceptors (Lipinski definition) is 3. The summed E-state index contributed by atoms with van der Waals surface area (Å²) >= 11 is 5.75. The van der Waals surface area contributed by atoms with Crippen LogP contribution < -0.4 is 5.32 Å². The molecule has 0 aromatic heterocycles. The van der Waals surface area contributed by atoms with Crippen molar-refractivity contribution in [2.24, 2.45) is 0 Å². The van der Waals surface area contributed by atoms with Crippen molar-refractivity contribution in [2.45, 2.75) is 18.9 Å². The van der Waals surface area contributed by atoms with E-state index in [1.807, 2.05) is 0 Å². The van der Waals surface area contributed by atoms with Gasteiger partial charge >= 0.3 is 0 Å². The molecule has 1 saturated heterocycles. The molecule has 0 aliphatic carbocycles. The number of likely N-dealkylation sites (tertiary alicyclic amines) is 1. The minimum absolute atomic E-state index is 0.0309. The smallest absolute Gasteiger partial charge is 0.251 e. The molecule has 108 valence electrons. The van der Waals surface area contributed by atoms with Crippen LogP contribution in [0.4, 0.5) is 0 Å². The van der Waals surface area contributed by atoms with Gasteiger partial charge in [-0.3, -0.25) is 9.59 Å². The van der Waals surface area contributed by atoms with Crippen LogP contribution in [0.15, 0.2) is 24.3 Å². The Kier molecular flexibility index (Phi) is 4.98. The standard InChI is InChI=1S/C14H17ClN2O3/c15-11-5-3-10(4-6-11)14(20)16-8-13(19)17-7-1-2-12(17)9-18/h3-6,12,18H,1-2,7-9H2,(H,16,20)/t12-/m1/s1. The van der Waals surface area contributed by atoms with Crippen LogP contribution in [0.25, 0.3) is 0 Å². The van der Waals surface area contributed by atoms with E-state index >= 15 is 0 Å². The number of aliphatic hydroxyl groups excluding tert-OH is 1. The van der Waals surface area contributed by atoms with Crippen LogP contribution in [0, 0.1) is 0 Å². The second-order valence-corrected chi connectivity index (χ2v) is 5.19. The van der Waals surface area contributed by atoms with E-state index in [1.165, 1.54) is 0 Å². The molecule has 1 heterocycles. The summed E-state index contributed by atoms with van der Waals surface area (Å²) in [5.74, 6) is -0.473. The van der Waals surface area contributed by atoms with Crippen molar-refractivity contribution >= 4 is 23.4 Å². The fraction of sp³-hybridized carbons (Fsp3) is 0.429. The van der Waals surface area contributed by atoms with Crippen LogP contribution in [0.2, 0.25) is 5.02 Å². The molecule has 1 atom stereocenters. The van der Waals surface area contributed by atoms with Gasteiger partial charge in [0, 0.05) is 17.1 Å². The van der Waals surface area contributed by atoms with E-state index in [-0.39, 0.29) is 31.0 Å². The van der Waals surface area contributed by atoms with E-state index in [0.717, 1.165) is 12.8 Å². The second kappa shape index (κ2) is 6.72. The van der Waals surface area contributed by atoms with Gasteiger partial charge in [0.25, 0.3) is 5.91 Å². The van der Waals surface area contributed by atoms with E-state index in [0.29, 0.717) is 17.1 Å². The van der Waals surface area contributed by atoms with E-state index in [1.54, 1.807) is 29.2 Å². The summed E-state index contributed by atoms with van der Waals surface area (Å²) in [5.41, 5.74) is 0.460. The highest BCUT2D eigenvalue weighted by Crippen LogP contribution is 2.16. The summed E-state index contributed by atoms with van der Waals surface area (Å²) in [5, 5.41) is 12.3. The van der Waals surface area contributed by atoms with Gasteiger partial charge in [0.05, 0.1) is 19.2 Å². The molecule has 6 heteroatoms. The minimum atomic E-state index is -0.310. The van der Waals surface area contributed by atoms with Crippen LogP contribution in [-0.4, -0.2) is 47.6 Å². The van der Waals surface area contributed by atoms with Crippen molar-refractivity contribution < 1.29 is 14.7 Å². The number of hydrogen-bond donors (Lipinski definition) is 2. The lowest BCUT2D eigenvalue weighted by molar-refractivity contribution is -0.131. The maximum absolute atomic E-state index is 12.0. The number of rotatable bonds is 4. The zero-order chi connectivity index (χ0) is 14.5. The van der Waals surface area contributed by atoms with Crippen molar-refractivity contribution in [3.8, 4) is 0 Å². The molecule has 1 aliphatic rings. The Morgan fingerprint density at radius 3 is 2.70 bits per heavy atom. The first-order valence-corrected chi connectivity index (χ1v) is 6.93. The topological polar surface area (TPSA) is 69.6 Å². The van der Waals surface area contributed by atoms with E-state index in [4.69, 9.17) is 11.6 Å². The second-order valence-electron chi connectivity index (χ2n) is 4.76. The average Bonchev–Trinajstić information content (AvgIpc) is 2.93. The van der Waals surface area contributed by atoms with Gasteiger partial charge in [0.2, 0.25) is 5.91 Å². The maximum Gasteiger partial charge on any atom is 0.251 e. The van der Waals surface area contributed by atoms with Crippen molar-refractivity contribution in [1.82, 2.24) is 10.2 Å². The van der Waals surface area contributed by atoms with E-state index in [2.05, 4.69) is 5.32 Å². The minimum Gasteiger partial charge on any atom is -0.394 e. The maximum atomic E-state index is 12.0. The summed E-state index contributed by atoms with van der Waals surface area (Å²) in [6, 6.07) is 6.35. The molecule has 1 aromatic rings. The Labute approximate surface area is 122 Å². The SMILES string of the molecule is O=C(NCC(=O)N1CCC[C@@H]1CO)c1ccc(Cl)cc1. The average molecular weight is 297 g/mol. The number of carbonyl (C=O) groups is 2. The molecule has 2 rings (SSSR count). The molecule has 1 aliphatic heterocycles. The van der Waals surface area contributed by atoms with Gasteiger partial charge in [-0.05, 0) is 37.1 Å². The van der Waals surface area contributed by atoms with Gasteiger partial charge < -0.3 is 15.3 Å². The van der Waals surface area contributed by atoms with Gasteiger partial charge in [-0.1, -0.05) is 11.6 Å². The fourth-order valence-corrected chi connectivity index (χ4v) is 2.44. The first kappa shape index (κ1) is 14.8. The van der Waals surface area contributed by atoms with Gasteiger partial charge in [-0.25, -0.2) is 0 Å². The van der Waals surface area contributed by atoms with Crippen molar-refractivity contribution in [3.63, 3.8) is 0 Å². The van der Waals surface area contributed by atoms with Crippen molar-refractivity contribution in [1.29, 1.82) is 0 Å². The third-order valence-electron chi connectivity index (χ3n) is 3.41. The third-order valence-corrected chi connectivity index (χ3v) is 3.67. The highest BCUT2D eigenvalue weighted by molar-refractivity contribution is 6.30. The van der Waals surface area contributed by atoms with E-state index < -0.39 is 0 Å². The van der Waals surface area contributed by atoms with Gasteiger partial charge in [-0.2, -0.15) is 0 Å². The van der Waals surface area contributed by atoms with E-state index in [9.17, 15) is 14.7 Å². The number of benzene rings is 1. The van der Waals surface area contributed by atoms with Crippen LogP contribution in [0.3, 0.4) is 0 Å². The predicted molar refractivity (Wildman–Crippen MR) is 75.6 cm³/mol. The lowest BCUT2D eigenvalue weighted by Gasteiger charge is -2.23. The molecule has 2 amide bonds. The zero-order valence-corrected chi connectivity index (χ0v) is 11.8. The quantitative estimate of drug-likeness (QED) is 0.873. The monoisotopic (exact) mass is 296 g/mol. The number of nitrogens with zero attached hydrogens (tertiary/aromatic N) is 1. The zero-order valence-electron chi connectivity index (χ0n) is 11.0. The molecular weight excluding hydrogens is 280 g/mol. The van der Waals surface area contributed by atoms with Crippen LogP contribution in [0.5, 0.6) is 0 Å². The summed E-state index contributed by atoms with van der Waals surface area (Å²) in [4.78, 5) is 25.5. The lowest BCUT2D eigenvalue weighted by atomic mass is 10.2.